The van der Waals surface area contributed by atoms with Crippen molar-refractivity contribution >= 4 is 16.9 Å². The number of amidine groups is 1. The van der Waals surface area contributed by atoms with Crippen LogP contribution in [0.5, 0.6) is 0 Å². The Bertz CT molecular complexity index is 321. The molecule has 1 heterocycles. The third-order valence-electron chi connectivity index (χ3n) is 2.10. The van der Waals surface area contributed by atoms with Crippen molar-refractivity contribution < 1.29 is 0 Å². The Hall–Kier alpha value is -0.960. The van der Waals surface area contributed by atoms with Gasteiger partial charge >= 0.3 is 0 Å². The lowest BCUT2D eigenvalue weighted by Gasteiger charge is -2.04. The van der Waals surface area contributed by atoms with Crippen molar-refractivity contribution in [2.45, 2.75) is 18.7 Å². The lowest BCUT2D eigenvalue weighted by molar-refractivity contribution is 0.728. The zero-order valence-corrected chi connectivity index (χ0v) is 9.05. The van der Waals surface area contributed by atoms with E-state index in [1.807, 2.05) is 6.07 Å². The van der Waals surface area contributed by atoms with Gasteiger partial charge in [0, 0.05) is 11.8 Å². The maximum absolute atomic E-state index is 4.40. The highest BCUT2D eigenvalue weighted by Gasteiger charge is 2.12. The number of aliphatic imine (C=N–C) groups is 1. The highest BCUT2D eigenvalue weighted by molar-refractivity contribution is 8.13. The van der Waals surface area contributed by atoms with Gasteiger partial charge in [-0.2, -0.15) is 0 Å². The molecule has 74 valence electrons. The zero-order valence-electron chi connectivity index (χ0n) is 8.23. The van der Waals surface area contributed by atoms with E-state index in [2.05, 4.69) is 41.5 Å². The van der Waals surface area contributed by atoms with Crippen molar-refractivity contribution in [3.05, 3.63) is 35.9 Å². The molecule has 0 saturated heterocycles. The first-order valence-electron chi connectivity index (χ1n) is 4.82. The van der Waals surface area contributed by atoms with Gasteiger partial charge < -0.3 is 5.32 Å². The Balaban J connectivity index is 1.84. The number of nitrogens with one attached hydrogen (secondary N) is 1. The summed E-state index contributed by atoms with van der Waals surface area (Å²) in [5.41, 5.74) is 1.35. The fourth-order valence-electron chi connectivity index (χ4n) is 1.34. The lowest BCUT2D eigenvalue weighted by Crippen LogP contribution is -2.25. The van der Waals surface area contributed by atoms with E-state index >= 15 is 0 Å². The minimum atomic E-state index is 0.508. The lowest BCUT2D eigenvalue weighted by atomic mass is 10.2. The molecule has 0 aliphatic carbocycles. The molecule has 1 aromatic carbocycles. The second-order valence-corrected chi connectivity index (χ2v) is 4.43. The molecule has 2 rings (SSSR count). The number of nitrogens with zero attached hydrogens (tertiary/aromatic N) is 1. The van der Waals surface area contributed by atoms with Gasteiger partial charge in [0.05, 0.1) is 6.54 Å². The van der Waals surface area contributed by atoms with E-state index in [9.17, 15) is 0 Å². The van der Waals surface area contributed by atoms with Crippen LogP contribution in [0.1, 0.15) is 12.5 Å². The predicted molar refractivity (Wildman–Crippen MR) is 62.6 cm³/mol. The standard InChI is InChI=1S/C11H14N2S/c1-9-7-12-11(13-9)14-8-10-5-3-2-4-6-10/h2-6,9H,7-8H2,1H3,(H,12,13). The minimum absolute atomic E-state index is 0.508. The zero-order chi connectivity index (χ0) is 9.80. The van der Waals surface area contributed by atoms with Crippen LogP contribution in [0.15, 0.2) is 35.3 Å². The first-order valence-corrected chi connectivity index (χ1v) is 5.81. The van der Waals surface area contributed by atoms with E-state index in [1.165, 1.54) is 5.56 Å². The van der Waals surface area contributed by atoms with Crippen molar-refractivity contribution in [2.24, 2.45) is 4.99 Å². The average molecular weight is 206 g/mol. The van der Waals surface area contributed by atoms with Crippen molar-refractivity contribution in [3.63, 3.8) is 0 Å². The van der Waals surface area contributed by atoms with Crippen molar-refractivity contribution in [1.29, 1.82) is 0 Å². The first-order chi connectivity index (χ1) is 6.84. The van der Waals surface area contributed by atoms with Crippen LogP contribution in [0.25, 0.3) is 0 Å². The van der Waals surface area contributed by atoms with Gasteiger partial charge in [-0.25, -0.2) is 0 Å². The van der Waals surface area contributed by atoms with Gasteiger partial charge in [0.1, 0.15) is 0 Å². The van der Waals surface area contributed by atoms with E-state index in [4.69, 9.17) is 0 Å². The molecule has 0 bridgehead atoms. The maximum atomic E-state index is 4.40. The van der Waals surface area contributed by atoms with Crippen LogP contribution < -0.4 is 5.32 Å². The molecule has 0 aromatic heterocycles. The van der Waals surface area contributed by atoms with Gasteiger partial charge in [0.25, 0.3) is 0 Å². The van der Waals surface area contributed by atoms with E-state index in [0.29, 0.717) is 6.04 Å². The van der Waals surface area contributed by atoms with Gasteiger partial charge in [0.15, 0.2) is 5.17 Å². The summed E-state index contributed by atoms with van der Waals surface area (Å²) in [5.74, 6) is 0.999. The SMILES string of the molecule is CC1CN=C(SCc2ccccc2)N1. The smallest absolute Gasteiger partial charge is 0.157 e. The monoisotopic (exact) mass is 206 g/mol. The third kappa shape index (κ3) is 2.51. The second kappa shape index (κ2) is 4.51. The number of thioether (sulfide) groups is 1. The normalized spacial score (nSPS) is 20.4. The molecule has 1 unspecified atom stereocenters. The van der Waals surface area contributed by atoms with Gasteiger partial charge in [0.2, 0.25) is 0 Å². The first kappa shape index (κ1) is 9.59. The summed E-state index contributed by atoms with van der Waals surface area (Å²) in [4.78, 5) is 4.40. The summed E-state index contributed by atoms with van der Waals surface area (Å²) in [6, 6.07) is 11.0. The minimum Gasteiger partial charge on any atom is -0.361 e. The molecule has 1 atom stereocenters. The highest BCUT2D eigenvalue weighted by atomic mass is 32.2. The van der Waals surface area contributed by atoms with Crippen LogP contribution in [0.3, 0.4) is 0 Å². The maximum Gasteiger partial charge on any atom is 0.157 e. The highest BCUT2D eigenvalue weighted by Crippen LogP contribution is 2.15. The van der Waals surface area contributed by atoms with Crippen LogP contribution in [0, 0.1) is 0 Å². The molecule has 0 saturated carbocycles. The Morgan fingerprint density at radius 3 is 2.86 bits per heavy atom. The largest absolute Gasteiger partial charge is 0.361 e. The molecule has 0 amide bonds. The summed E-state index contributed by atoms with van der Waals surface area (Å²) in [5, 5.41) is 4.42. The Morgan fingerprint density at radius 1 is 1.43 bits per heavy atom. The number of hydrogen-bond acceptors (Lipinski definition) is 3. The van der Waals surface area contributed by atoms with Gasteiger partial charge in [-0.3, -0.25) is 4.99 Å². The summed E-state index contributed by atoms with van der Waals surface area (Å²) >= 11 is 1.78. The topological polar surface area (TPSA) is 24.4 Å². The van der Waals surface area contributed by atoms with E-state index in [0.717, 1.165) is 17.5 Å². The predicted octanol–water partition coefficient (Wildman–Crippen LogP) is 2.27. The average Bonchev–Trinajstić information content (AvgIpc) is 2.63. The Morgan fingerprint density at radius 2 is 2.21 bits per heavy atom. The van der Waals surface area contributed by atoms with Crippen LogP contribution in [-0.4, -0.2) is 17.8 Å². The molecule has 1 N–H and O–H groups in total. The van der Waals surface area contributed by atoms with Crippen LogP contribution >= 0.6 is 11.8 Å². The summed E-state index contributed by atoms with van der Waals surface area (Å²) in [7, 11) is 0. The Labute approximate surface area is 88.8 Å². The van der Waals surface area contributed by atoms with E-state index in [1.54, 1.807) is 11.8 Å². The van der Waals surface area contributed by atoms with Gasteiger partial charge in [-0.1, -0.05) is 42.1 Å². The number of rotatable bonds is 2. The molecule has 0 spiro atoms. The summed E-state index contributed by atoms with van der Waals surface area (Å²) in [6.07, 6.45) is 0. The van der Waals surface area contributed by atoms with Crippen LogP contribution in [0.2, 0.25) is 0 Å². The fourth-order valence-corrected chi connectivity index (χ4v) is 2.28. The molecule has 0 fully saturated rings. The van der Waals surface area contributed by atoms with E-state index < -0.39 is 0 Å². The fraction of sp³-hybridized carbons (Fsp3) is 0.364. The second-order valence-electron chi connectivity index (χ2n) is 3.47. The van der Waals surface area contributed by atoms with Gasteiger partial charge in [-0.15, -0.1) is 0 Å². The molecular formula is C11H14N2S. The molecule has 3 heteroatoms. The molecule has 0 radical (unpaired) electrons. The summed E-state index contributed by atoms with van der Waals surface area (Å²) in [6.45, 7) is 3.07. The molecule has 14 heavy (non-hydrogen) atoms. The molecule has 1 aromatic rings. The van der Waals surface area contributed by atoms with Crippen molar-refractivity contribution in [1.82, 2.24) is 5.32 Å². The number of hydrogen-bond donors (Lipinski definition) is 1. The van der Waals surface area contributed by atoms with Crippen LogP contribution in [0.4, 0.5) is 0 Å². The quantitative estimate of drug-likeness (QED) is 0.802. The molecule has 1 aliphatic heterocycles. The molecular weight excluding hydrogens is 192 g/mol. The third-order valence-corrected chi connectivity index (χ3v) is 3.10. The Kier molecular flexibility index (Phi) is 3.09. The summed E-state index contributed by atoms with van der Waals surface area (Å²) < 4.78 is 0. The van der Waals surface area contributed by atoms with Crippen molar-refractivity contribution in [3.8, 4) is 0 Å². The van der Waals surface area contributed by atoms with E-state index in [-0.39, 0.29) is 0 Å². The van der Waals surface area contributed by atoms with Crippen molar-refractivity contribution in [2.75, 3.05) is 6.54 Å². The van der Waals surface area contributed by atoms with Crippen LogP contribution in [-0.2, 0) is 5.75 Å². The molecule has 1 aliphatic rings. The number of benzene rings is 1. The van der Waals surface area contributed by atoms with Gasteiger partial charge in [-0.05, 0) is 12.5 Å². The molecule has 2 nitrogen and oxygen atoms in total.